The predicted molar refractivity (Wildman–Crippen MR) is 68.8 cm³/mol. The van der Waals surface area contributed by atoms with Gasteiger partial charge in [-0.1, -0.05) is 19.9 Å². The van der Waals surface area contributed by atoms with Crippen LogP contribution in [-0.4, -0.2) is 34.6 Å². The molecule has 0 saturated heterocycles. The van der Waals surface area contributed by atoms with Gasteiger partial charge < -0.3 is 15.3 Å². The fraction of sp³-hybridized carbons (Fsp3) is 0.867. The van der Waals surface area contributed by atoms with Crippen LogP contribution in [0.4, 0.5) is 0 Å². The zero-order chi connectivity index (χ0) is 13.1. The van der Waals surface area contributed by atoms with Gasteiger partial charge in [-0.3, -0.25) is 0 Å². The van der Waals surface area contributed by atoms with Crippen LogP contribution in [0.1, 0.15) is 32.6 Å². The zero-order valence-electron chi connectivity index (χ0n) is 11.1. The second-order valence-electron chi connectivity index (χ2n) is 6.97. The van der Waals surface area contributed by atoms with E-state index in [9.17, 15) is 15.3 Å². The van der Waals surface area contributed by atoms with Gasteiger partial charge in [0.2, 0.25) is 0 Å². The van der Waals surface area contributed by atoms with Gasteiger partial charge in [-0.05, 0) is 48.0 Å². The van der Waals surface area contributed by atoms with Crippen molar-refractivity contribution in [2.75, 3.05) is 13.2 Å². The van der Waals surface area contributed by atoms with Gasteiger partial charge in [0.25, 0.3) is 0 Å². The van der Waals surface area contributed by atoms with E-state index in [0.29, 0.717) is 11.8 Å². The number of aliphatic hydroxyl groups excluding tert-OH is 3. The largest absolute Gasteiger partial charge is 0.396 e. The minimum atomic E-state index is -0.377. The number of hydrogen-bond acceptors (Lipinski definition) is 3. The Morgan fingerprint density at radius 1 is 1.28 bits per heavy atom. The van der Waals surface area contributed by atoms with Gasteiger partial charge in [-0.15, -0.1) is 0 Å². The van der Waals surface area contributed by atoms with E-state index in [4.69, 9.17) is 0 Å². The molecule has 102 valence electrons. The van der Waals surface area contributed by atoms with Gasteiger partial charge in [0.05, 0.1) is 19.3 Å². The fourth-order valence-electron chi connectivity index (χ4n) is 5.36. The summed E-state index contributed by atoms with van der Waals surface area (Å²) in [6.45, 7) is 6.52. The monoisotopic (exact) mass is 252 g/mol. The third kappa shape index (κ3) is 1.25. The molecule has 5 atom stereocenters. The lowest BCUT2D eigenvalue weighted by Gasteiger charge is -2.68. The number of rotatable bonds is 2. The van der Waals surface area contributed by atoms with E-state index < -0.39 is 0 Å². The average molecular weight is 252 g/mol. The second-order valence-corrected chi connectivity index (χ2v) is 6.97. The van der Waals surface area contributed by atoms with Crippen molar-refractivity contribution in [3.8, 4) is 0 Å². The lowest BCUT2D eigenvalue weighted by Crippen LogP contribution is -2.66. The van der Waals surface area contributed by atoms with Crippen molar-refractivity contribution in [3.63, 3.8) is 0 Å². The van der Waals surface area contributed by atoms with Crippen LogP contribution >= 0.6 is 0 Å². The summed E-state index contributed by atoms with van der Waals surface area (Å²) in [5, 5.41) is 29.6. The molecule has 3 N–H and O–H groups in total. The molecule has 0 heterocycles. The van der Waals surface area contributed by atoms with Crippen LogP contribution in [0.25, 0.3) is 0 Å². The summed E-state index contributed by atoms with van der Waals surface area (Å²) in [5.74, 6) is 1.04. The van der Waals surface area contributed by atoms with Gasteiger partial charge >= 0.3 is 0 Å². The first kappa shape index (κ1) is 12.6. The second kappa shape index (κ2) is 3.81. The molecule has 4 rings (SSSR count). The molecular formula is C15H24O3. The summed E-state index contributed by atoms with van der Waals surface area (Å²) in [6.07, 6.45) is 3.48. The molecule has 0 unspecified atom stereocenters. The Bertz CT molecular complexity index is 374. The first-order valence-electron chi connectivity index (χ1n) is 7.08. The topological polar surface area (TPSA) is 60.7 Å². The van der Waals surface area contributed by atoms with Gasteiger partial charge in [0.1, 0.15) is 0 Å². The molecule has 4 saturated carbocycles. The summed E-state index contributed by atoms with van der Waals surface area (Å²) in [7, 11) is 0. The SMILES string of the molecule is C=C1[C@H](O)C[C@@H]2[C@H]3[C@H]1[C@@]2(C)CCCC3(CO)CO. The molecule has 4 aliphatic carbocycles. The van der Waals surface area contributed by atoms with Crippen molar-refractivity contribution in [1.29, 1.82) is 0 Å². The summed E-state index contributed by atoms with van der Waals surface area (Å²) < 4.78 is 0. The molecular weight excluding hydrogens is 228 g/mol. The molecule has 0 spiro atoms. The van der Waals surface area contributed by atoms with E-state index in [-0.39, 0.29) is 36.1 Å². The van der Waals surface area contributed by atoms with Crippen LogP contribution < -0.4 is 0 Å². The first-order valence-corrected chi connectivity index (χ1v) is 7.08. The van der Waals surface area contributed by atoms with Gasteiger partial charge in [-0.25, -0.2) is 0 Å². The van der Waals surface area contributed by atoms with Crippen molar-refractivity contribution >= 4 is 0 Å². The Kier molecular flexibility index (Phi) is 2.68. The van der Waals surface area contributed by atoms with E-state index in [0.717, 1.165) is 31.3 Å². The zero-order valence-corrected chi connectivity index (χ0v) is 11.1. The average Bonchev–Trinajstić information content (AvgIpc) is 2.57. The molecule has 0 radical (unpaired) electrons. The summed E-state index contributed by atoms with van der Waals surface area (Å²) in [5.41, 5.74) is 0.833. The lowest BCUT2D eigenvalue weighted by atomic mass is 9.36. The van der Waals surface area contributed by atoms with Gasteiger partial charge in [0, 0.05) is 5.41 Å². The normalized spacial score (nSPS) is 49.4. The fourth-order valence-corrected chi connectivity index (χ4v) is 5.36. The predicted octanol–water partition coefficient (Wildman–Crippen LogP) is 1.33. The van der Waals surface area contributed by atoms with Gasteiger partial charge in [0.15, 0.2) is 0 Å². The van der Waals surface area contributed by atoms with Crippen molar-refractivity contribution < 1.29 is 15.3 Å². The first-order chi connectivity index (χ1) is 8.50. The summed E-state index contributed by atoms with van der Waals surface area (Å²) in [6, 6.07) is 0. The Hall–Kier alpha value is -0.380. The van der Waals surface area contributed by atoms with Crippen molar-refractivity contribution in [3.05, 3.63) is 12.2 Å². The Labute approximate surface area is 109 Å². The van der Waals surface area contributed by atoms with Crippen LogP contribution in [0.3, 0.4) is 0 Å². The molecule has 4 fully saturated rings. The Balaban J connectivity index is 2.03. The number of aliphatic hydroxyl groups is 3. The van der Waals surface area contributed by atoms with Gasteiger partial charge in [-0.2, -0.15) is 0 Å². The molecule has 4 bridgehead atoms. The molecule has 0 aliphatic heterocycles. The Morgan fingerprint density at radius 3 is 2.50 bits per heavy atom. The molecule has 0 amide bonds. The molecule has 3 heteroatoms. The highest BCUT2D eigenvalue weighted by Gasteiger charge is 2.69. The van der Waals surface area contributed by atoms with E-state index in [1.165, 1.54) is 0 Å². The smallest absolute Gasteiger partial charge is 0.0753 e. The molecule has 4 aliphatic rings. The molecule has 18 heavy (non-hydrogen) atoms. The summed E-state index contributed by atoms with van der Waals surface area (Å²) in [4.78, 5) is 0. The van der Waals surface area contributed by atoms with Crippen LogP contribution in [-0.2, 0) is 0 Å². The number of hydrogen-bond donors (Lipinski definition) is 3. The lowest BCUT2D eigenvalue weighted by molar-refractivity contribution is -0.200. The van der Waals surface area contributed by atoms with Crippen molar-refractivity contribution in [2.24, 2.45) is 28.6 Å². The van der Waals surface area contributed by atoms with Crippen molar-refractivity contribution in [2.45, 2.75) is 38.7 Å². The highest BCUT2D eigenvalue weighted by atomic mass is 16.3. The van der Waals surface area contributed by atoms with Crippen LogP contribution in [0.15, 0.2) is 12.2 Å². The highest BCUT2D eigenvalue weighted by Crippen LogP contribution is 2.73. The number of fused-ring (bicyclic) bond motifs is 2. The molecule has 0 aromatic heterocycles. The minimum Gasteiger partial charge on any atom is -0.396 e. The maximum atomic E-state index is 10.0. The highest BCUT2D eigenvalue weighted by molar-refractivity contribution is 5.30. The molecule has 3 nitrogen and oxygen atoms in total. The molecule has 0 aromatic rings. The van der Waals surface area contributed by atoms with Crippen LogP contribution in [0.5, 0.6) is 0 Å². The maximum Gasteiger partial charge on any atom is 0.0753 e. The molecule has 0 aromatic carbocycles. The van der Waals surface area contributed by atoms with E-state index >= 15 is 0 Å². The van der Waals surface area contributed by atoms with E-state index in [1.807, 2.05) is 0 Å². The van der Waals surface area contributed by atoms with Crippen LogP contribution in [0.2, 0.25) is 0 Å². The quantitative estimate of drug-likeness (QED) is 0.650. The standard InChI is InChI=1S/C15H24O3/c1-9-11(18)6-10-13-12(9)14(10,2)4-3-5-15(13,7-16)8-17/h10-13,16-18H,1,3-8H2,2H3/t10-,11-,12+,13+,14+/m1/s1. The third-order valence-electron chi connectivity index (χ3n) is 6.38. The van der Waals surface area contributed by atoms with E-state index in [2.05, 4.69) is 13.5 Å². The van der Waals surface area contributed by atoms with Crippen LogP contribution in [0, 0.1) is 28.6 Å². The maximum absolute atomic E-state index is 10.0. The van der Waals surface area contributed by atoms with Crippen molar-refractivity contribution in [1.82, 2.24) is 0 Å². The minimum absolute atomic E-state index is 0.0562. The van der Waals surface area contributed by atoms with E-state index in [1.54, 1.807) is 0 Å². The Morgan fingerprint density at radius 2 is 1.94 bits per heavy atom. The summed E-state index contributed by atoms with van der Waals surface area (Å²) >= 11 is 0. The third-order valence-corrected chi connectivity index (χ3v) is 6.38.